The molecule has 1 fully saturated rings. The summed E-state index contributed by atoms with van der Waals surface area (Å²) in [6.45, 7) is 2.34. The van der Waals surface area contributed by atoms with Gasteiger partial charge in [0.05, 0.1) is 22.9 Å². The van der Waals surface area contributed by atoms with Crippen LogP contribution in [0.5, 0.6) is 5.75 Å². The third-order valence-corrected chi connectivity index (χ3v) is 8.14. The number of ether oxygens (including phenoxy) is 1. The number of carbonyl (C=O) groups is 2. The van der Waals surface area contributed by atoms with Crippen molar-refractivity contribution in [1.82, 2.24) is 4.90 Å². The number of benzene rings is 3. The van der Waals surface area contributed by atoms with E-state index in [0.29, 0.717) is 26.5 Å². The van der Waals surface area contributed by atoms with Gasteiger partial charge in [0.15, 0.2) is 0 Å². The van der Waals surface area contributed by atoms with E-state index in [1.807, 2.05) is 61.5 Å². The van der Waals surface area contributed by atoms with Gasteiger partial charge in [-0.2, -0.15) is 0 Å². The summed E-state index contributed by atoms with van der Waals surface area (Å²) in [5, 5.41) is 0.533. The number of amides is 2. The van der Waals surface area contributed by atoms with Crippen LogP contribution >= 0.6 is 47.3 Å². The molecule has 9 heteroatoms. The van der Waals surface area contributed by atoms with Crippen LogP contribution in [0.4, 0.5) is 11.4 Å². The van der Waals surface area contributed by atoms with Crippen molar-refractivity contribution in [2.24, 2.45) is 0 Å². The van der Waals surface area contributed by atoms with Gasteiger partial charge in [-0.15, -0.1) is 0 Å². The Morgan fingerprint density at radius 2 is 1.77 bits per heavy atom. The van der Waals surface area contributed by atoms with E-state index in [1.165, 1.54) is 16.7 Å². The standard InChI is InChI=1S/C26H19ClN2O3S3/c1-2-32-18-10-7-16(8-11-18)13-23-25(31)28(26(33)35-23)15-24(30)29-19-5-3-4-6-21(19)34-22-12-9-17(27)14-20(22)29/h3-14H,2,15H2,1H3/b23-13+. The fraction of sp³-hybridized carbons (Fsp3) is 0.115. The first kappa shape index (κ1) is 23.9. The minimum absolute atomic E-state index is 0.170. The van der Waals surface area contributed by atoms with E-state index >= 15 is 0 Å². The third-order valence-electron chi connectivity index (χ3n) is 5.39. The number of rotatable bonds is 5. The molecule has 2 amide bonds. The van der Waals surface area contributed by atoms with Gasteiger partial charge >= 0.3 is 0 Å². The first-order valence-corrected chi connectivity index (χ1v) is 13.2. The van der Waals surface area contributed by atoms with Gasteiger partial charge in [0.1, 0.15) is 16.6 Å². The maximum atomic E-state index is 13.6. The Balaban J connectivity index is 1.40. The van der Waals surface area contributed by atoms with E-state index in [-0.39, 0.29) is 18.4 Å². The number of hydrogen-bond acceptors (Lipinski definition) is 6. The SMILES string of the molecule is CCOc1ccc(/C=C2/SC(=S)N(CC(=O)N3c4ccccc4Sc4ccc(Cl)cc43)C2=O)cc1. The minimum atomic E-state index is -0.284. The van der Waals surface area contributed by atoms with Crippen LogP contribution in [0.1, 0.15) is 12.5 Å². The largest absolute Gasteiger partial charge is 0.494 e. The minimum Gasteiger partial charge on any atom is -0.494 e. The molecule has 3 aromatic carbocycles. The van der Waals surface area contributed by atoms with Crippen molar-refractivity contribution < 1.29 is 14.3 Å². The van der Waals surface area contributed by atoms with E-state index in [4.69, 9.17) is 28.6 Å². The fourth-order valence-corrected chi connectivity index (χ4v) is 6.28. The van der Waals surface area contributed by atoms with Crippen molar-refractivity contribution in [3.8, 4) is 5.75 Å². The normalized spacial score (nSPS) is 15.9. The maximum Gasteiger partial charge on any atom is 0.266 e. The summed E-state index contributed by atoms with van der Waals surface area (Å²) < 4.78 is 5.82. The summed E-state index contributed by atoms with van der Waals surface area (Å²) in [6.07, 6.45) is 1.78. The first-order valence-electron chi connectivity index (χ1n) is 10.8. The zero-order valence-corrected chi connectivity index (χ0v) is 21.8. The maximum absolute atomic E-state index is 13.6. The fourth-order valence-electron chi connectivity index (χ4n) is 3.82. The zero-order chi connectivity index (χ0) is 24.5. The predicted molar refractivity (Wildman–Crippen MR) is 147 cm³/mol. The second kappa shape index (κ2) is 10.1. The highest BCUT2D eigenvalue weighted by Gasteiger charge is 2.36. The molecule has 2 aliphatic rings. The average molecular weight is 539 g/mol. The van der Waals surface area contributed by atoms with Gasteiger partial charge in [-0.25, -0.2) is 0 Å². The summed E-state index contributed by atoms with van der Waals surface area (Å²) in [6, 6.07) is 20.6. The van der Waals surface area contributed by atoms with Crippen LogP contribution in [-0.2, 0) is 9.59 Å². The van der Waals surface area contributed by atoms with Crippen LogP contribution < -0.4 is 9.64 Å². The lowest BCUT2D eigenvalue weighted by atomic mass is 10.2. The first-order chi connectivity index (χ1) is 16.9. The van der Waals surface area contributed by atoms with Crippen LogP contribution in [0.15, 0.2) is 81.4 Å². The molecule has 0 N–H and O–H groups in total. The van der Waals surface area contributed by atoms with Gasteiger partial charge in [0.25, 0.3) is 11.8 Å². The number of anilines is 2. The van der Waals surface area contributed by atoms with Crippen molar-refractivity contribution >= 4 is 80.9 Å². The molecule has 176 valence electrons. The number of hydrogen-bond donors (Lipinski definition) is 0. The zero-order valence-electron chi connectivity index (χ0n) is 18.6. The van der Waals surface area contributed by atoms with Gasteiger partial charge in [-0.05, 0) is 61.0 Å². The Kier molecular flexibility index (Phi) is 6.88. The summed E-state index contributed by atoms with van der Waals surface area (Å²) in [5.41, 5.74) is 2.31. The Morgan fingerprint density at radius 1 is 1.03 bits per heavy atom. The molecule has 2 aliphatic heterocycles. The van der Waals surface area contributed by atoms with Gasteiger partial charge in [0, 0.05) is 14.8 Å². The summed E-state index contributed by atoms with van der Waals surface area (Å²) in [4.78, 5) is 32.1. The van der Waals surface area contributed by atoms with Crippen molar-refractivity contribution in [3.63, 3.8) is 0 Å². The number of halogens is 1. The lowest BCUT2D eigenvalue weighted by molar-refractivity contribution is -0.127. The molecule has 5 rings (SSSR count). The van der Waals surface area contributed by atoms with Gasteiger partial charge < -0.3 is 4.74 Å². The van der Waals surface area contributed by atoms with Crippen LogP contribution in [0.2, 0.25) is 5.02 Å². The Hall–Kier alpha value is -2.78. The smallest absolute Gasteiger partial charge is 0.266 e. The molecule has 1 saturated heterocycles. The Labute approximate surface area is 222 Å². The van der Waals surface area contributed by atoms with E-state index in [0.717, 1.165) is 26.8 Å². The highest BCUT2D eigenvalue weighted by Crippen LogP contribution is 2.49. The molecule has 35 heavy (non-hydrogen) atoms. The molecule has 5 nitrogen and oxygen atoms in total. The number of thioether (sulfide) groups is 1. The van der Waals surface area contributed by atoms with Crippen LogP contribution in [0, 0.1) is 0 Å². The lowest BCUT2D eigenvalue weighted by Crippen LogP contribution is -2.41. The second-order valence-corrected chi connectivity index (χ2v) is 10.9. The van der Waals surface area contributed by atoms with E-state index in [9.17, 15) is 9.59 Å². The van der Waals surface area contributed by atoms with E-state index in [1.54, 1.807) is 34.9 Å². The summed E-state index contributed by atoms with van der Waals surface area (Å²) in [7, 11) is 0. The monoisotopic (exact) mass is 538 g/mol. The molecule has 0 aliphatic carbocycles. The molecule has 0 atom stereocenters. The lowest BCUT2D eigenvalue weighted by Gasteiger charge is -2.32. The molecule has 0 saturated carbocycles. The molecule has 2 heterocycles. The van der Waals surface area contributed by atoms with Crippen molar-refractivity contribution in [2.75, 3.05) is 18.1 Å². The van der Waals surface area contributed by atoms with E-state index in [2.05, 4.69) is 0 Å². The summed E-state index contributed by atoms with van der Waals surface area (Å²) >= 11 is 14.5. The second-order valence-electron chi connectivity index (χ2n) is 7.68. The Morgan fingerprint density at radius 3 is 2.54 bits per heavy atom. The van der Waals surface area contributed by atoms with Crippen LogP contribution in [-0.4, -0.2) is 34.2 Å². The van der Waals surface area contributed by atoms with Crippen LogP contribution in [0.3, 0.4) is 0 Å². The predicted octanol–water partition coefficient (Wildman–Crippen LogP) is 6.77. The molecule has 0 spiro atoms. The highest BCUT2D eigenvalue weighted by molar-refractivity contribution is 8.26. The van der Waals surface area contributed by atoms with Gasteiger partial charge in [-0.1, -0.05) is 71.6 Å². The molecule has 0 unspecified atom stereocenters. The van der Waals surface area contributed by atoms with Crippen molar-refractivity contribution in [3.05, 3.63) is 82.2 Å². The number of para-hydroxylation sites is 1. The topological polar surface area (TPSA) is 49.9 Å². The molecule has 3 aromatic rings. The summed E-state index contributed by atoms with van der Waals surface area (Å²) in [5.74, 6) is 0.219. The van der Waals surface area contributed by atoms with Crippen LogP contribution in [0.25, 0.3) is 6.08 Å². The number of nitrogens with zero attached hydrogens (tertiary/aromatic N) is 2. The number of fused-ring (bicyclic) bond motifs is 2. The van der Waals surface area contributed by atoms with E-state index < -0.39 is 0 Å². The Bertz CT molecular complexity index is 1370. The van der Waals surface area contributed by atoms with Crippen molar-refractivity contribution in [1.29, 1.82) is 0 Å². The average Bonchev–Trinajstić information content (AvgIpc) is 3.11. The molecular weight excluding hydrogens is 520 g/mol. The highest BCUT2D eigenvalue weighted by atomic mass is 35.5. The van der Waals surface area contributed by atoms with Crippen molar-refractivity contribution in [2.45, 2.75) is 16.7 Å². The number of carbonyl (C=O) groups excluding carboxylic acids is 2. The quantitative estimate of drug-likeness (QED) is 0.264. The molecular formula is C26H19ClN2O3S3. The molecule has 0 radical (unpaired) electrons. The number of thiocarbonyl (C=S) groups is 1. The van der Waals surface area contributed by atoms with Gasteiger partial charge in [0.2, 0.25) is 0 Å². The molecule has 0 aromatic heterocycles. The molecule has 0 bridgehead atoms. The third kappa shape index (κ3) is 4.84. The van der Waals surface area contributed by atoms with Gasteiger partial charge in [-0.3, -0.25) is 19.4 Å².